The van der Waals surface area contributed by atoms with E-state index < -0.39 is 21.8 Å². The van der Waals surface area contributed by atoms with Gasteiger partial charge in [0.25, 0.3) is 11.8 Å². The summed E-state index contributed by atoms with van der Waals surface area (Å²) < 4.78 is 27.3. The molecular formula is C20H20N4O4S. The Morgan fingerprint density at radius 3 is 1.97 bits per heavy atom. The van der Waals surface area contributed by atoms with Gasteiger partial charge in [-0.1, -0.05) is 12.1 Å². The van der Waals surface area contributed by atoms with Crippen LogP contribution in [-0.4, -0.2) is 43.2 Å². The van der Waals surface area contributed by atoms with Gasteiger partial charge in [-0.2, -0.15) is 0 Å². The first kappa shape index (κ1) is 20.3. The molecule has 0 bridgehead atoms. The molecule has 0 aliphatic carbocycles. The van der Waals surface area contributed by atoms with Crippen LogP contribution in [-0.2, 0) is 10.0 Å². The molecule has 0 aliphatic rings. The summed E-state index contributed by atoms with van der Waals surface area (Å²) >= 11 is 0. The molecule has 0 fully saturated rings. The van der Waals surface area contributed by atoms with Crippen molar-refractivity contribution in [1.82, 2.24) is 19.7 Å². The molecule has 0 atom stereocenters. The number of amides is 2. The van der Waals surface area contributed by atoms with Gasteiger partial charge in [0.15, 0.2) is 0 Å². The fraction of sp³-hybridized carbons (Fsp3) is 0.100. The van der Waals surface area contributed by atoms with Crippen molar-refractivity contribution in [3.63, 3.8) is 0 Å². The zero-order valence-electron chi connectivity index (χ0n) is 15.9. The standard InChI is InChI=1S/C20H20N4O4S/c1-23(2)29(27,28)18-10-6-8-16(14-18)20(26)22-21-19(25)15-7-5-9-17(13-15)24-11-3-4-12-24/h3-14H,1-2H3,(H,21,25)(H,22,26). The SMILES string of the molecule is CN(C)S(=O)(=O)c1cccc(C(=O)NNC(=O)c2cccc(-n3cccc3)c2)c1. The Hall–Kier alpha value is -3.43. The minimum atomic E-state index is -3.67. The van der Waals surface area contributed by atoms with Crippen molar-refractivity contribution in [3.05, 3.63) is 84.2 Å². The summed E-state index contributed by atoms with van der Waals surface area (Å²) in [6, 6.07) is 16.2. The van der Waals surface area contributed by atoms with Crippen LogP contribution in [0.25, 0.3) is 5.69 Å². The number of rotatable bonds is 5. The van der Waals surface area contributed by atoms with Gasteiger partial charge in [0.1, 0.15) is 0 Å². The van der Waals surface area contributed by atoms with Crippen LogP contribution in [0.15, 0.2) is 78.0 Å². The lowest BCUT2D eigenvalue weighted by Crippen LogP contribution is -2.41. The van der Waals surface area contributed by atoms with Crippen molar-refractivity contribution in [2.75, 3.05) is 14.1 Å². The van der Waals surface area contributed by atoms with E-state index in [1.54, 1.807) is 18.2 Å². The Balaban J connectivity index is 1.70. The molecule has 2 N–H and O–H groups in total. The maximum atomic E-state index is 12.4. The molecule has 0 saturated carbocycles. The van der Waals surface area contributed by atoms with Gasteiger partial charge in [-0.3, -0.25) is 20.4 Å². The Morgan fingerprint density at radius 2 is 1.38 bits per heavy atom. The van der Waals surface area contributed by atoms with Gasteiger partial charge in [-0.25, -0.2) is 12.7 Å². The first-order valence-corrected chi connectivity index (χ1v) is 10.1. The predicted octanol–water partition coefficient (Wildman–Crippen LogP) is 1.80. The molecule has 2 amide bonds. The van der Waals surface area contributed by atoms with Crippen LogP contribution in [0.1, 0.15) is 20.7 Å². The third-order valence-electron chi connectivity index (χ3n) is 4.18. The van der Waals surface area contributed by atoms with E-state index in [-0.39, 0.29) is 10.5 Å². The lowest BCUT2D eigenvalue weighted by atomic mass is 10.2. The highest BCUT2D eigenvalue weighted by Crippen LogP contribution is 2.15. The molecule has 0 unspecified atom stereocenters. The van der Waals surface area contributed by atoms with Crippen molar-refractivity contribution >= 4 is 21.8 Å². The van der Waals surface area contributed by atoms with E-state index in [1.165, 1.54) is 38.4 Å². The summed E-state index contributed by atoms with van der Waals surface area (Å²) in [4.78, 5) is 24.7. The van der Waals surface area contributed by atoms with E-state index in [2.05, 4.69) is 10.9 Å². The van der Waals surface area contributed by atoms with E-state index in [0.29, 0.717) is 5.56 Å². The van der Waals surface area contributed by atoms with Gasteiger partial charge in [0, 0.05) is 43.3 Å². The summed E-state index contributed by atoms with van der Waals surface area (Å²) in [5.74, 6) is -1.12. The third-order valence-corrected chi connectivity index (χ3v) is 5.99. The molecule has 150 valence electrons. The highest BCUT2D eigenvalue weighted by molar-refractivity contribution is 7.89. The molecule has 3 rings (SSSR count). The number of hydrogen-bond acceptors (Lipinski definition) is 4. The number of sulfonamides is 1. The molecule has 1 heterocycles. The highest BCUT2D eigenvalue weighted by Gasteiger charge is 2.19. The Morgan fingerprint density at radius 1 is 0.828 bits per heavy atom. The Bertz CT molecular complexity index is 1140. The van der Waals surface area contributed by atoms with Crippen LogP contribution >= 0.6 is 0 Å². The van der Waals surface area contributed by atoms with E-state index in [1.807, 2.05) is 35.2 Å². The molecule has 0 radical (unpaired) electrons. The summed E-state index contributed by atoms with van der Waals surface area (Å²) in [5, 5.41) is 0. The topological polar surface area (TPSA) is 101 Å². The zero-order valence-corrected chi connectivity index (χ0v) is 16.7. The van der Waals surface area contributed by atoms with Crippen LogP contribution in [0.3, 0.4) is 0 Å². The number of hydrazine groups is 1. The average molecular weight is 412 g/mol. The van der Waals surface area contributed by atoms with Gasteiger partial charge in [0.2, 0.25) is 10.0 Å². The second-order valence-electron chi connectivity index (χ2n) is 6.36. The minimum absolute atomic E-state index is 0.0131. The molecule has 2 aromatic carbocycles. The molecule has 1 aromatic heterocycles. The summed E-state index contributed by atoms with van der Waals surface area (Å²) in [6.07, 6.45) is 3.71. The largest absolute Gasteiger partial charge is 0.324 e. The van der Waals surface area contributed by atoms with Crippen molar-refractivity contribution in [3.8, 4) is 5.69 Å². The molecule has 3 aromatic rings. The average Bonchev–Trinajstić information content (AvgIpc) is 3.26. The monoisotopic (exact) mass is 412 g/mol. The molecule has 9 heteroatoms. The van der Waals surface area contributed by atoms with Gasteiger partial charge in [-0.05, 0) is 48.5 Å². The van der Waals surface area contributed by atoms with Gasteiger partial charge >= 0.3 is 0 Å². The fourth-order valence-corrected chi connectivity index (χ4v) is 3.53. The number of aromatic nitrogens is 1. The van der Waals surface area contributed by atoms with E-state index in [0.717, 1.165) is 9.99 Å². The second-order valence-corrected chi connectivity index (χ2v) is 8.52. The van der Waals surface area contributed by atoms with Crippen molar-refractivity contribution in [1.29, 1.82) is 0 Å². The minimum Gasteiger partial charge on any atom is -0.324 e. The van der Waals surface area contributed by atoms with E-state index in [9.17, 15) is 18.0 Å². The van der Waals surface area contributed by atoms with Crippen molar-refractivity contribution < 1.29 is 18.0 Å². The fourth-order valence-electron chi connectivity index (χ4n) is 2.58. The van der Waals surface area contributed by atoms with Gasteiger partial charge in [-0.15, -0.1) is 0 Å². The normalized spacial score (nSPS) is 11.3. The van der Waals surface area contributed by atoms with Gasteiger partial charge < -0.3 is 4.57 Å². The number of nitrogens with zero attached hydrogens (tertiary/aromatic N) is 2. The smallest absolute Gasteiger partial charge is 0.269 e. The zero-order chi connectivity index (χ0) is 21.0. The highest BCUT2D eigenvalue weighted by atomic mass is 32.2. The van der Waals surface area contributed by atoms with E-state index in [4.69, 9.17) is 0 Å². The lowest BCUT2D eigenvalue weighted by molar-refractivity contribution is 0.0846. The molecule has 0 saturated heterocycles. The number of benzene rings is 2. The molecule has 8 nitrogen and oxygen atoms in total. The lowest BCUT2D eigenvalue weighted by Gasteiger charge is -2.12. The number of carbonyl (C=O) groups excluding carboxylic acids is 2. The van der Waals surface area contributed by atoms with Crippen LogP contribution in [0, 0.1) is 0 Å². The summed E-state index contributed by atoms with van der Waals surface area (Å²) in [6.45, 7) is 0. The maximum Gasteiger partial charge on any atom is 0.269 e. The van der Waals surface area contributed by atoms with Crippen LogP contribution in [0.5, 0.6) is 0 Å². The summed E-state index contributed by atoms with van der Waals surface area (Å²) in [5.41, 5.74) is 5.92. The van der Waals surface area contributed by atoms with Crippen LogP contribution < -0.4 is 10.9 Å². The maximum absolute atomic E-state index is 12.4. The van der Waals surface area contributed by atoms with Crippen molar-refractivity contribution in [2.24, 2.45) is 0 Å². The predicted molar refractivity (Wildman–Crippen MR) is 108 cm³/mol. The molecule has 0 spiro atoms. The number of hydrogen-bond donors (Lipinski definition) is 2. The first-order chi connectivity index (χ1) is 13.8. The van der Waals surface area contributed by atoms with E-state index >= 15 is 0 Å². The molecular weight excluding hydrogens is 392 g/mol. The number of nitrogens with one attached hydrogen (secondary N) is 2. The van der Waals surface area contributed by atoms with Crippen molar-refractivity contribution in [2.45, 2.75) is 4.90 Å². The molecule has 0 aliphatic heterocycles. The van der Waals surface area contributed by atoms with Crippen LogP contribution in [0.2, 0.25) is 0 Å². The number of carbonyl (C=O) groups is 2. The quantitative estimate of drug-likeness (QED) is 0.624. The Labute approximate surface area is 168 Å². The summed E-state index contributed by atoms with van der Waals surface area (Å²) in [7, 11) is -0.856. The first-order valence-electron chi connectivity index (χ1n) is 8.66. The van der Waals surface area contributed by atoms with Gasteiger partial charge in [0.05, 0.1) is 4.90 Å². The Kier molecular flexibility index (Phi) is 5.81. The second kappa shape index (κ2) is 8.29. The molecule has 29 heavy (non-hydrogen) atoms. The third kappa shape index (κ3) is 4.53. The van der Waals surface area contributed by atoms with Crippen LogP contribution in [0.4, 0.5) is 0 Å².